The summed E-state index contributed by atoms with van der Waals surface area (Å²) < 4.78 is 25.3. The van der Waals surface area contributed by atoms with Gasteiger partial charge >= 0.3 is 5.38 Å². The average molecular weight is 185 g/mol. The summed E-state index contributed by atoms with van der Waals surface area (Å²) in [5.74, 6) is -0.894. The van der Waals surface area contributed by atoms with Crippen molar-refractivity contribution in [3.05, 3.63) is 0 Å². The molecule has 3 heteroatoms. The highest BCUT2D eigenvalue weighted by molar-refractivity contribution is 6.21. The van der Waals surface area contributed by atoms with Crippen LogP contribution in [-0.2, 0) is 0 Å². The second kappa shape index (κ2) is 3.70. The van der Waals surface area contributed by atoms with E-state index in [1.54, 1.807) is 27.7 Å². The van der Waals surface area contributed by atoms with E-state index < -0.39 is 11.3 Å². The molecule has 0 heterocycles. The van der Waals surface area contributed by atoms with Crippen molar-refractivity contribution in [1.29, 1.82) is 0 Å². The Morgan fingerprint density at radius 1 is 1.00 bits per heavy atom. The molecule has 0 rings (SSSR count). The van der Waals surface area contributed by atoms with E-state index in [4.69, 9.17) is 11.6 Å². The zero-order valence-corrected chi connectivity index (χ0v) is 8.12. The molecule has 0 aliphatic heterocycles. The number of rotatable bonds is 3. The molecule has 0 amide bonds. The minimum absolute atomic E-state index is 0.0810. The lowest BCUT2D eigenvalue weighted by atomic mass is 9.86. The summed E-state index contributed by atoms with van der Waals surface area (Å²) >= 11 is 4.96. The third-order valence-corrected chi connectivity index (χ3v) is 2.07. The van der Waals surface area contributed by atoms with Crippen LogP contribution < -0.4 is 0 Å². The SMILES string of the molecule is CC(C)C(C(C)C)C(F)(F)Cl. The lowest BCUT2D eigenvalue weighted by Gasteiger charge is -2.28. The van der Waals surface area contributed by atoms with Crippen molar-refractivity contribution in [1.82, 2.24) is 0 Å². The molecule has 0 aromatic rings. The number of hydrogen-bond donors (Lipinski definition) is 0. The Balaban J connectivity index is 4.35. The van der Waals surface area contributed by atoms with Gasteiger partial charge in [-0.15, -0.1) is 0 Å². The monoisotopic (exact) mass is 184 g/mol. The van der Waals surface area contributed by atoms with Crippen LogP contribution in [0.25, 0.3) is 0 Å². The van der Waals surface area contributed by atoms with Gasteiger partial charge in [0.2, 0.25) is 0 Å². The van der Waals surface area contributed by atoms with E-state index in [0.717, 1.165) is 0 Å². The van der Waals surface area contributed by atoms with Crippen molar-refractivity contribution in [3.8, 4) is 0 Å². The first kappa shape index (κ1) is 11.2. The van der Waals surface area contributed by atoms with Crippen LogP contribution in [0.3, 0.4) is 0 Å². The van der Waals surface area contributed by atoms with E-state index >= 15 is 0 Å². The average Bonchev–Trinajstić information content (AvgIpc) is 1.54. The maximum absolute atomic E-state index is 12.7. The van der Waals surface area contributed by atoms with Gasteiger partial charge in [-0.1, -0.05) is 27.7 Å². The topological polar surface area (TPSA) is 0 Å². The highest BCUT2D eigenvalue weighted by atomic mass is 35.5. The van der Waals surface area contributed by atoms with E-state index in [9.17, 15) is 8.78 Å². The molecule has 0 saturated carbocycles. The summed E-state index contributed by atoms with van der Waals surface area (Å²) in [7, 11) is 0. The lowest BCUT2D eigenvalue weighted by Crippen LogP contribution is -2.31. The molecule has 0 fully saturated rings. The maximum Gasteiger partial charge on any atom is 0.324 e. The van der Waals surface area contributed by atoms with Gasteiger partial charge in [-0.05, 0) is 23.4 Å². The molecule has 0 aliphatic carbocycles. The fraction of sp³-hybridized carbons (Fsp3) is 1.00. The molecular formula is C8H15ClF2. The first-order valence-electron chi connectivity index (χ1n) is 3.83. The van der Waals surface area contributed by atoms with Gasteiger partial charge in [0, 0.05) is 5.92 Å². The van der Waals surface area contributed by atoms with Gasteiger partial charge < -0.3 is 0 Å². The van der Waals surface area contributed by atoms with Gasteiger partial charge in [0.15, 0.2) is 0 Å². The number of hydrogen-bond acceptors (Lipinski definition) is 0. The van der Waals surface area contributed by atoms with Gasteiger partial charge in [-0.2, -0.15) is 8.78 Å². The molecule has 0 N–H and O–H groups in total. The van der Waals surface area contributed by atoms with Crippen LogP contribution >= 0.6 is 11.6 Å². The molecule has 0 bridgehead atoms. The molecule has 68 valence electrons. The predicted octanol–water partition coefficient (Wildman–Crippen LogP) is 3.75. The first-order valence-corrected chi connectivity index (χ1v) is 4.21. The second-order valence-electron chi connectivity index (χ2n) is 3.56. The Hall–Kier alpha value is 0.150. The minimum atomic E-state index is -3.07. The van der Waals surface area contributed by atoms with E-state index in [0.29, 0.717) is 0 Å². The quantitative estimate of drug-likeness (QED) is 0.586. The fourth-order valence-electron chi connectivity index (χ4n) is 1.53. The lowest BCUT2D eigenvalue weighted by molar-refractivity contribution is -0.0166. The zero-order valence-electron chi connectivity index (χ0n) is 7.37. The number of alkyl halides is 3. The summed E-state index contributed by atoms with van der Waals surface area (Å²) in [6.45, 7) is 7.06. The third kappa shape index (κ3) is 3.37. The summed E-state index contributed by atoms with van der Waals surface area (Å²) in [6.07, 6.45) is 0. The van der Waals surface area contributed by atoms with E-state index in [-0.39, 0.29) is 11.8 Å². The summed E-state index contributed by atoms with van der Waals surface area (Å²) in [5.41, 5.74) is 0. The molecule has 0 saturated heterocycles. The molecule has 0 aromatic heterocycles. The van der Waals surface area contributed by atoms with Crippen LogP contribution in [-0.4, -0.2) is 5.38 Å². The largest absolute Gasteiger partial charge is 0.324 e. The molecule has 0 unspecified atom stereocenters. The van der Waals surface area contributed by atoms with Crippen molar-refractivity contribution >= 4 is 11.6 Å². The number of halogens is 3. The summed E-state index contributed by atoms with van der Waals surface area (Å²) in [6, 6.07) is 0. The molecule has 11 heavy (non-hydrogen) atoms. The summed E-state index contributed by atoms with van der Waals surface area (Å²) in [5, 5.41) is -3.07. The van der Waals surface area contributed by atoms with E-state index in [1.807, 2.05) is 0 Å². The van der Waals surface area contributed by atoms with Crippen molar-refractivity contribution in [2.24, 2.45) is 17.8 Å². The minimum Gasteiger partial charge on any atom is -0.188 e. The van der Waals surface area contributed by atoms with Crippen molar-refractivity contribution in [3.63, 3.8) is 0 Å². The summed E-state index contributed by atoms with van der Waals surface area (Å²) in [4.78, 5) is 0. The Morgan fingerprint density at radius 2 is 1.27 bits per heavy atom. The molecule has 0 aliphatic rings. The van der Waals surface area contributed by atoms with Crippen molar-refractivity contribution < 1.29 is 8.78 Å². The molecular weight excluding hydrogens is 170 g/mol. The van der Waals surface area contributed by atoms with Crippen LogP contribution in [0.2, 0.25) is 0 Å². The standard InChI is InChI=1S/C8H15ClF2/c1-5(2)7(6(3)4)8(9,10)11/h5-7H,1-4H3. The Labute approximate surface area is 71.9 Å². The van der Waals surface area contributed by atoms with Gasteiger partial charge in [-0.3, -0.25) is 0 Å². The fourth-order valence-corrected chi connectivity index (χ4v) is 2.03. The van der Waals surface area contributed by atoms with E-state index in [1.165, 1.54) is 0 Å². The van der Waals surface area contributed by atoms with Gasteiger partial charge in [0.05, 0.1) is 0 Å². The van der Waals surface area contributed by atoms with Crippen LogP contribution in [0.5, 0.6) is 0 Å². The van der Waals surface area contributed by atoms with Crippen molar-refractivity contribution in [2.75, 3.05) is 0 Å². The molecule has 0 atom stereocenters. The Bertz CT molecular complexity index is 108. The zero-order chi connectivity index (χ0) is 9.23. The molecule has 0 aromatic carbocycles. The maximum atomic E-state index is 12.7. The van der Waals surface area contributed by atoms with Crippen LogP contribution in [0.4, 0.5) is 8.78 Å². The smallest absolute Gasteiger partial charge is 0.188 e. The third-order valence-electron chi connectivity index (χ3n) is 1.81. The van der Waals surface area contributed by atoms with Gasteiger partial charge in [0.1, 0.15) is 0 Å². The van der Waals surface area contributed by atoms with Gasteiger partial charge in [0.25, 0.3) is 0 Å². The predicted molar refractivity (Wildman–Crippen MR) is 44.0 cm³/mol. The van der Waals surface area contributed by atoms with Gasteiger partial charge in [-0.25, -0.2) is 0 Å². The molecule has 0 nitrogen and oxygen atoms in total. The highest BCUT2D eigenvalue weighted by Gasteiger charge is 2.40. The van der Waals surface area contributed by atoms with Crippen LogP contribution in [0.15, 0.2) is 0 Å². The first-order chi connectivity index (χ1) is 4.76. The van der Waals surface area contributed by atoms with E-state index in [2.05, 4.69) is 0 Å². The Kier molecular flexibility index (Phi) is 3.75. The highest BCUT2D eigenvalue weighted by Crippen LogP contribution is 2.38. The molecule has 0 radical (unpaired) electrons. The van der Waals surface area contributed by atoms with Crippen LogP contribution in [0, 0.1) is 17.8 Å². The Morgan fingerprint density at radius 3 is 1.27 bits per heavy atom. The molecule has 0 spiro atoms. The second-order valence-corrected chi connectivity index (χ2v) is 4.06. The normalized spacial score (nSPS) is 13.6. The van der Waals surface area contributed by atoms with Crippen LogP contribution in [0.1, 0.15) is 27.7 Å². The van der Waals surface area contributed by atoms with Crippen molar-refractivity contribution in [2.45, 2.75) is 33.1 Å².